The number of imidazole rings is 1. The van der Waals surface area contributed by atoms with Crippen LogP contribution in [-0.4, -0.2) is 52.5 Å². The Hall–Kier alpha value is -3.19. The summed E-state index contributed by atoms with van der Waals surface area (Å²) in [4.78, 5) is 26.3. The van der Waals surface area contributed by atoms with E-state index >= 15 is 0 Å². The Bertz CT molecular complexity index is 1230. The van der Waals surface area contributed by atoms with Crippen molar-refractivity contribution in [1.29, 1.82) is 0 Å². The van der Waals surface area contributed by atoms with Crippen molar-refractivity contribution in [2.24, 2.45) is 0 Å². The minimum absolute atomic E-state index is 0.366. The lowest BCUT2D eigenvalue weighted by Crippen LogP contribution is -2.44. The molecule has 28 heavy (non-hydrogen) atoms. The average molecular weight is 375 g/mol. The summed E-state index contributed by atoms with van der Waals surface area (Å²) in [6, 6.07) is 9.75. The number of nitrogens with zero attached hydrogens (tertiary/aromatic N) is 5. The number of pyridine rings is 2. The molecule has 142 valence electrons. The molecule has 0 atom stereocenters. The lowest BCUT2D eigenvalue weighted by atomic mass is 10.2. The van der Waals surface area contributed by atoms with Gasteiger partial charge in [-0.3, -0.25) is 0 Å². The maximum Gasteiger partial charge on any atom is 0.347 e. The molecular weight excluding hydrogens is 354 g/mol. The molecule has 0 saturated carbocycles. The van der Waals surface area contributed by atoms with E-state index in [2.05, 4.69) is 26.8 Å². The summed E-state index contributed by atoms with van der Waals surface area (Å²) < 4.78 is 7.47. The molecule has 1 fully saturated rings. The molecule has 0 aromatic carbocycles. The molecule has 5 rings (SSSR count). The van der Waals surface area contributed by atoms with Crippen molar-refractivity contribution in [1.82, 2.24) is 19.3 Å². The molecule has 5 heterocycles. The van der Waals surface area contributed by atoms with Gasteiger partial charge in [-0.15, -0.1) is 0 Å². The van der Waals surface area contributed by atoms with Gasteiger partial charge in [-0.1, -0.05) is 0 Å². The molecular formula is C21H21N5O2. The number of anilines is 1. The Morgan fingerprint density at radius 2 is 1.86 bits per heavy atom. The molecule has 0 amide bonds. The fourth-order valence-electron chi connectivity index (χ4n) is 3.59. The third-order valence-corrected chi connectivity index (χ3v) is 5.30. The first kappa shape index (κ1) is 16.9. The van der Waals surface area contributed by atoms with Crippen LogP contribution < -0.4 is 10.5 Å². The SMILES string of the molecule is Cc1ccn2cc(-c3cc4ccc(N5CCN(C)CC5)nc4oc3=O)nc2c1. The van der Waals surface area contributed by atoms with Gasteiger partial charge in [0.05, 0.1) is 11.3 Å². The minimum Gasteiger partial charge on any atom is -0.403 e. The molecule has 1 aliphatic rings. The van der Waals surface area contributed by atoms with Gasteiger partial charge in [0.25, 0.3) is 0 Å². The highest BCUT2D eigenvalue weighted by atomic mass is 16.4. The summed E-state index contributed by atoms with van der Waals surface area (Å²) >= 11 is 0. The maximum atomic E-state index is 12.6. The van der Waals surface area contributed by atoms with Gasteiger partial charge in [0, 0.05) is 44.0 Å². The van der Waals surface area contributed by atoms with E-state index in [4.69, 9.17) is 4.42 Å². The van der Waals surface area contributed by atoms with E-state index in [1.54, 1.807) is 0 Å². The first-order valence-electron chi connectivity index (χ1n) is 9.41. The summed E-state index contributed by atoms with van der Waals surface area (Å²) in [6.45, 7) is 5.84. The van der Waals surface area contributed by atoms with Crippen LogP contribution in [0.3, 0.4) is 0 Å². The second kappa shape index (κ2) is 6.45. The summed E-state index contributed by atoms with van der Waals surface area (Å²) in [5, 5.41) is 0.792. The molecule has 1 aliphatic heterocycles. The van der Waals surface area contributed by atoms with Gasteiger partial charge >= 0.3 is 5.63 Å². The van der Waals surface area contributed by atoms with Crippen molar-refractivity contribution in [3.05, 3.63) is 58.7 Å². The zero-order valence-electron chi connectivity index (χ0n) is 15.9. The van der Waals surface area contributed by atoms with Crippen LogP contribution in [0.1, 0.15) is 5.56 Å². The van der Waals surface area contributed by atoms with Crippen LogP contribution in [0.15, 0.2) is 51.9 Å². The fraction of sp³-hybridized carbons (Fsp3) is 0.286. The highest BCUT2D eigenvalue weighted by molar-refractivity contribution is 5.80. The standard InChI is InChI=1S/C21H21N5O2/c1-14-5-6-26-13-17(22-19(26)11-14)16-12-15-3-4-18(23-20(15)28-21(16)27)25-9-7-24(2)8-10-25/h3-6,11-13H,7-10H2,1-2H3. The average Bonchev–Trinajstić information content (AvgIpc) is 3.10. The molecule has 0 radical (unpaired) electrons. The Morgan fingerprint density at radius 3 is 2.68 bits per heavy atom. The van der Waals surface area contributed by atoms with Gasteiger partial charge < -0.3 is 18.6 Å². The van der Waals surface area contributed by atoms with Crippen LogP contribution in [0, 0.1) is 6.92 Å². The third-order valence-electron chi connectivity index (χ3n) is 5.30. The number of hydrogen-bond acceptors (Lipinski definition) is 6. The smallest absolute Gasteiger partial charge is 0.347 e. The van der Waals surface area contributed by atoms with E-state index < -0.39 is 5.63 Å². The summed E-state index contributed by atoms with van der Waals surface area (Å²) in [7, 11) is 2.12. The Kier molecular flexibility index (Phi) is 3.91. The van der Waals surface area contributed by atoms with Crippen molar-refractivity contribution in [3.63, 3.8) is 0 Å². The van der Waals surface area contributed by atoms with Gasteiger partial charge in [0.1, 0.15) is 11.5 Å². The number of likely N-dealkylation sites (N-methyl/N-ethyl adjacent to an activating group) is 1. The largest absolute Gasteiger partial charge is 0.403 e. The number of fused-ring (bicyclic) bond motifs is 2. The zero-order chi connectivity index (χ0) is 19.3. The van der Waals surface area contributed by atoms with E-state index in [0.29, 0.717) is 17.0 Å². The summed E-state index contributed by atoms with van der Waals surface area (Å²) in [5.41, 5.74) is 2.92. The fourth-order valence-corrected chi connectivity index (χ4v) is 3.59. The van der Waals surface area contributed by atoms with Crippen molar-refractivity contribution in [3.8, 4) is 11.3 Å². The summed E-state index contributed by atoms with van der Waals surface area (Å²) in [5.74, 6) is 0.847. The highest BCUT2D eigenvalue weighted by Crippen LogP contribution is 2.23. The van der Waals surface area contributed by atoms with Gasteiger partial charge in [0.2, 0.25) is 5.71 Å². The van der Waals surface area contributed by atoms with Crippen LogP contribution in [0.4, 0.5) is 5.82 Å². The Morgan fingerprint density at radius 1 is 1.04 bits per heavy atom. The molecule has 0 unspecified atom stereocenters. The van der Waals surface area contributed by atoms with Crippen LogP contribution in [0.2, 0.25) is 0 Å². The van der Waals surface area contributed by atoms with E-state index in [9.17, 15) is 4.79 Å². The van der Waals surface area contributed by atoms with Crippen LogP contribution in [-0.2, 0) is 0 Å². The van der Waals surface area contributed by atoms with Gasteiger partial charge in [-0.2, -0.15) is 4.98 Å². The molecule has 0 N–H and O–H groups in total. The second-order valence-corrected chi connectivity index (χ2v) is 7.40. The quantitative estimate of drug-likeness (QED) is 0.536. The van der Waals surface area contributed by atoms with Crippen LogP contribution >= 0.6 is 0 Å². The lowest BCUT2D eigenvalue weighted by Gasteiger charge is -2.33. The molecule has 4 aromatic heterocycles. The van der Waals surface area contributed by atoms with Gasteiger partial charge in [-0.25, -0.2) is 9.78 Å². The van der Waals surface area contributed by atoms with Crippen LogP contribution in [0.25, 0.3) is 28.0 Å². The number of rotatable bonds is 2. The van der Waals surface area contributed by atoms with Crippen LogP contribution in [0.5, 0.6) is 0 Å². The Labute approximate surface area is 161 Å². The molecule has 0 aliphatic carbocycles. The molecule has 7 heteroatoms. The van der Waals surface area contributed by atoms with Crippen molar-refractivity contribution in [2.75, 3.05) is 38.1 Å². The van der Waals surface area contributed by atoms with Crippen molar-refractivity contribution in [2.45, 2.75) is 6.92 Å². The lowest BCUT2D eigenvalue weighted by molar-refractivity contribution is 0.312. The minimum atomic E-state index is -0.421. The van der Waals surface area contributed by atoms with Crippen molar-refractivity contribution < 1.29 is 4.42 Å². The Balaban J connectivity index is 1.55. The number of piperazine rings is 1. The third kappa shape index (κ3) is 2.93. The predicted molar refractivity (Wildman–Crippen MR) is 109 cm³/mol. The summed E-state index contributed by atoms with van der Waals surface area (Å²) in [6.07, 6.45) is 3.78. The number of aryl methyl sites for hydroxylation is 1. The van der Waals surface area contributed by atoms with E-state index in [1.165, 1.54) is 0 Å². The van der Waals surface area contributed by atoms with E-state index in [1.807, 2.05) is 54.0 Å². The van der Waals surface area contributed by atoms with E-state index in [0.717, 1.165) is 48.6 Å². The zero-order valence-corrected chi connectivity index (χ0v) is 15.9. The predicted octanol–water partition coefficient (Wildman–Crippen LogP) is 2.56. The second-order valence-electron chi connectivity index (χ2n) is 7.40. The van der Waals surface area contributed by atoms with Gasteiger partial charge in [0.15, 0.2) is 0 Å². The van der Waals surface area contributed by atoms with Gasteiger partial charge in [-0.05, 0) is 49.9 Å². The molecule has 0 spiro atoms. The monoisotopic (exact) mass is 375 g/mol. The number of hydrogen-bond donors (Lipinski definition) is 0. The number of aromatic nitrogens is 3. The van der Waals surface area contributed by atoms with E-state index in [-0.39, 0.29) is 0 Å². The topological polar surface area (TPSA) is 66.9 Å². The van der Waals surface area contributed by atoms with Crippen molar-refractivity contribution >= 4 is 22.6 Å². The molecule has 4 aromatic rings. The molecule has 0 bridgehead atoms. The molecule has 7 nitrogen and oxygen atoms in total. The highest BCUT2D eigenvalue weighted by Gasteiger charge is 2.17. The molecule has 1 saturated heterocycles. The maximum absolute atomic E-state index is 12.6. The normalized spacial score (nSPS) is 15.6. The first-order chi connectivity index (χ1) is 13.6. The first-order valence-corrected chi connectivity index (χ1v) is 9.41.